The molecule has 0 spiro atoms. The van der Waals surface area contributed by atoms with E-state index in [0.717, 1.165) is 12.8 Å². The van der Waals surface area contributed by atoms with Gasteiger partial charge in [0, 0.05) is 37.2 Å². The van der Waals surface area contributed by atoms with Gasteiger partial charge in [0.25, 0.3) is 10.0 Å². The number of ether oxygens (including phenoxy) is 2. The van der Waals surface area contributed by atoms with E-state index in [1.807, 2.05) is 26.8 Å². The number of halogens is 1. The molecule has 1 saturated heterocycles. The van der Waals surface area contributed by atoms with Crippen LogP contribution in [-0.2, 0) is 14.8 Å². The van der Waals surface area contributed by atoms with Crippen LogP contribution in [0.15, 0.2) is 84.0 Å². The molecule has 1 aliphatic heterocycles. The van der Waals surface area contributed by atoms with Gasteiger partial charge in [-0.15, -0.1) is 0 Å². The molecule has 3 heterocycles. The van der Waals surface area contributed by atoms with Gasteiger partial charge in [0.05, 0.1) is 16.3 Å². The summed E-state index contributed by atoms with van der Waals surface area (Å²) in [6, 6.07) is 18.0. The van der Waals surface area contributed by atoms with E-state index >= 15 is 0 Å². The summed E-state index contributed by atoms with van der Waals surface area (Å²) in [5.41, 5.74) is 1.02. The lowest BCUT2D eigenvalue weighted by Crippen LogP contribution is -2.47. The zero-order chi connectivity index (χ0) is 31.3. The van der Waals surface area contributed by atoms with Crippen LogP contribution in [0.2, 0.25) is 5.02 Å². The number of pyridine rings is 1. The number of hydrogen-bond donors (Lipinski definition) is 2. The van der Waals surface area contributed by atoms with Gasteiger partial charge in [0.2, 0.25) is 11.8 Å². The molecule has 0 aliphatic carbocycles. The molecule has 0 saturated carbocycles. The number of hydrogen-bond acceptors (Lipinski definition) is 9. The van der Waals surface area contributed by atoms with Crippen LogP contribution < -0.4 is 14.8 Å². The van der Waals surface area contributed by atoms with Crippen molar-refractivity contribution in [3.05, 3.63) is 84.1 Å². The van der Waals surface area contributed by atoms with Crippen LogP contribution in [0.4, 0.5) is 16.4 Å². The quantitative estimate of drug-likeness (QED) is 0.219. The van der Waals surface area contributed by atoms with Gasteiger partial charge in [-0.3, -0.25) is 4.72 Å². The Labute approximate surface area is 261 Å². The van der Waals surface area contributed by atoms with E-state index in [1.54, 1.807) is 65.8 Å². The summed E-state index contributed by atoms with van der Waals surface area (Å²) in [5.74, 6) is 1.18. The highest BCUT2D eigenvalue weighted by molar-refractivity contribution is 7.92. The first kappa shape index (κ1) is 31.0. The van der Waals surface area contributed by atoms with Crippen LogP contribution in [0.3, 0.4) is 0 Å². The van der Waals surface area contributed by atoms with Gasteiger partial charge in [-0.25, -0.2) is 28.2 Å². The predicted molar refractivity (Wildman–Crippen MR) is 168 cm³/mol. The molecule has 13 heteroatoms. The third kappa shape index (κ3) is 7.94. The standard InChI is InChI=1S/C31H33ClN6O5S/c1-31(2,3)43-30(39)38-19-7-8-22(20-38)35-29-34-18-16-26(36-29)24-9-6-17-33-28(24)42-23-14-12-21(13-15-23)37-44(40,41)27-11-5-4-10-25(27)32/h4-6,9-18,22,37H,7-8,19-20H2,1-3H3,(H,34,35,36)/t22-/m0/s1. The second-order valence-electron chi connectivity index (χ2n) is 11.2. The van der Waals surface area contributed by atoms with Gasteiger partial charge < -0.3 is 19.7 Å². The third-order valence-electron chi connectivity index (χ3n) is 6.56. The highest BCUT2D eigenvalue weighted by atomic mass is 35.5. The number of aromatic nitrogens is 3. The van der Waals surface area contributed by atoms with Crippen molar-refractivity contribution in [1.29, 1.82) is 0 Å². The average Bonchev–Trinajstić information content (AvgIpc) is 2.98. The second kappa shape index (κ2) is 13.1. The Morgan fingerprint density at radius 1 is 1.00 bits per heavy atom. The lowest BCUT2D eigenvalue weighted by molar-refractivity contribution is 0.0206. The summed E-state index contributed by atoms with van der Waals surface area (Å²) in [4.78, 5) is 27.7. The molecule has 2 aromatic carbocycles. The lowest BCUT2D eigenvalue weighted by Gasteiger charge is -2.34. The Kier molecular flexibility index (Phi) is 9.21. The van der Waals surface area contributed by atoms with Crippen LogP contribution in [0.5, 0.6) is 11.6 Å². The fourth-order valence-electron chi connectivity index (χ4n) is 4.59. The number of anilines is 2. The van der Waals surface area contributed by atoms with E-state index < -0.39 is 15.6 Å². The number of amides is 1. The Morgan fingerprint density at radius 3 is 2.52 bits per heavy atom. The molecule has 2 N–H and O–H groups in total. The summed E-state index contributed by atoms with van der Waals surface area (Å²) in [6.07, 6.45) is 4.62. The number of nitrogens with zero attached hydrogens (tertiary/aromatic N) is 4. The van der Waals surface area contributed by atoms with E-state index in [0.29, 0.717) is 47.6 Å². The highest BCUT2D eigenvalue weighted by Crippen LogP contribution is 2.32. The fourth-order valence-corrected chi connectivity index (χ4v) is 6.17. The Balaban J connectivity index is 1.27. The van der Waals surface area contributed by atoms with Crippen LogP contribution in [0.25, 0.3) is 11.3 Å². The molecular formula is C31H33ClN6O5S. The molecule has 230 valence electrons. The molecule has 1 amide bonds. The average molecular weight is 637 g/mol. The van der Waals surface area contributed by atoms with E-state index in [2.05, 4.69) is 20.0 Å². The molecule has 2 aromatic heterocycles. The van der Waals surface area contributed by atoms with Crippen LogP contribution in [-0.4, -0.2) is 59.1 Å². The first-order valence-electron chi connectivity index (χ1n) is 14.0. The minimum atomic E-state index is -3.87. The molecule has 1 atom stereocenters. The van der Waals surface area contributed by atoms with Gasteiger partial charge >= 0.3 is 6.09 Å². The molecule has 0 radical (unpaired) electrons. The minimum Gasteiger partial charge on any atom is -0.444 e. The van der Waals surface area contributed by atoms with Crippen molar-refractivity contribution in [3.63, 3.8) is 0 Å². The molecule has 4 aromatic rings. The number of carbonyl (C=O) groups excluding carboxylic acids is 1. The SMILES string of the molecule is CC(C)(C)OC(=O)N1CCC[C@H](Nc2nccc(-c3cccnc3Oc3ccc(NS(=O)(=O)c4ccccc4Cl)cc3)n2)C1. The zero-order valence-electron chi connectivity index (χ0n) is 24.5. The van der Waals surface area contributed by atoms with Crippen LogP contribution in [0.1, 0.15) is 33.6 Å². The van der Waals surface area contributed by atoms with Crippen molar-refractivity contribution in [3.8, 4) is 22.9 Å². The van der Waals surface area contributed by atoms with Gasteiger partial charge in [-0.05, 0) is 88.2 Å². The lowest BCUT2D eigenvalue weighted by atomic mass is 10.1. The first-order chi connectivity index (χ1) is 21.0. The number of sulfonamides is 1. The molecule has 5 rings (SSSR count). The summed E-state index contributed by atoms with van der Waals surface area (Å²) in [5, 5.41) is 3.48. The fraction of sp³-hybridized carbons (Fsp3) is 0.290. The van der Waals surface area contributed by atoms with Crippen molar-refractivity contribution in [2.75, 3.05) is 23.1 Å². The maximum Gasteiger partial charge on any atom is 0.410 e. The maximum atomic E-state index is 12.8. The van der Waals surface area contributed by atoms with E-state index in [1.165, 1.54) is 12.1 Å². The highest BCUT2D eigenvalue weighted by Gasteiger charge is 2.28. The molecule has 1 fully saturated rings. The Bertz CT molecular complexity index is 1730. The van der Waals surface area contributed by atoms with Gasteiger partial charge in [-0.2, -0.15) is 0 Å². The molecule has 44 heavy (non-hydrogen) atoms. The van der Waals surface area contributed by atoms with Crippen LogP contribution in [0, 0.1) is 0 Å². The van der Waals surface area contributed by atoms with E-state index in [9.17, 15) is 13.2 Å². The number of carbonyl (C=O) groups is 1. The van der Waals surface area contributed by atoms with Crippen molar-refractivity contribution in [2.45, 2.75) is 50.2 Å². The smallest absolute Gasteiger partial charge is 0.410 e. The van der Waals surface area contributed by atoms with Crippen molar-refractivity contribution >= 4 is 39.4 Å². The Morgan fingerprint density at radius 2 is 1.77 bits per heavy atom. The second-order valence-corrected chi connectivity index (χ2v) is 13.3. The van der Waals surface area contributed by atoms with Crippen molar-refractivity contribution < 1.29 is 22.7 Å². The Hall–Kier alpha value is -4.42. The number of likely N-dealkylation sites (tertiary alicyclic amines) is 1. The van der Waals surface area contributed by atoms with Gasteiger partial charge in [0.1, 0.15) is 16.2 Å². The molecule has 0 bridgehead atoms. The monoisotopic (exact) mass is 636 g/mol. The first-order valence-corrected chi connectivity index (χ1v) is 15.9. The summed E-state index contributed by atoms with van der Waals surface area (Å²) < 4.78 is 39.7. The normalized spacial score (nSPS) is 15.4. The van der Waals surface area contributed by atoms with Crippen LogP contribution >= 0.6 is 11.6 Å². The van der Waals surface area contributed by atoms with Crippen molar-refractivity contribution in [1.82, 2.24) is 19.9 Å². The zero-order valence-corrected chi connectivity index (χ0v) is 26.1. The van der Waals surface area contributed by atoms with Gasteiger partial charge in [-0.1, -0.05) is 23.7 Å². The molecule has 1 aliphatic rings. The van der Waals surface area contributed by atoms with Crippen molar-refractivity contribution in [2.24, 2.45) is 0 Å². The van der Waals surface area contributed by atoms with E-state index in [4.69, 9.17) is 26.1 Å². The summed E-state index contributed by atoms with van der Waals surface area (Å²) >= 11 is 6.07. The maximum absolute atomic E-state index is 12.8. The molecular weight excluding hydrogens is 604 g/mol. The largest absolute Gasteiger partial charge is 0.444 e. The number of benzene rings is 2. The molecule has 11 nitrogen and oxygen atoms in total. The number of piperidine rings is 1. The number of rotatable bonds is 8. The number of nitrogens with one attached hydrogen (secondary N) is 2. The predicted octanol–water partition coefficient (Wildman–Crippen LogP) is 6.60. The summed E-state index contributed by atoms with van der Waals surface area (Å²) in [6.45, 7) is 6.67. The van der Waals surface area contributed by atoms with E-state index in [-0.39, 0.29) is 22.1 Å². The minimum absolute atomic E-state index is 0.0114. The summed E-state index contributed by atoms with van der Waals surface area (Å²) in [7, 11) is -3.87. The molecule has 0 unspecified atom stereocenters. The topological polar surface area (TPSA) is 136 Å². The van der Waals surface area contributed by atoms with Gasteiger partial charge in [0.15, 0.2) is 0 Å². The third-order valence-corrected chi connectivity index (χ3v) is 8.44.